The molecule has 2 aromatic rings. The van der Waals surface area contributed by atoms with Crippen LogP contribution in [0.25, 0.3) is 0 Å². The van der Waals surface area contributed by atoms with E-state index < -0.39 is 0 Å². The van der Waals surface area contributed by atoms with Gasteiger partial charge in [0.15, 0.2) is 5.16 Å². The highest BCUT2D eigenvalue weighted by Crippen LogP contribution is 2.40. The molecule has 1 aromatic carbocycles. The highest BCUT2D eigenvalue weighted by molar-refractivity contribution is 7.99. The summed E-state index contributed by atoms with van der Waals surface area (Å²) in [5.41, 5.74) is 1.03. The second kappa shape index (κ2) is 6.63. The van der Waals surface area contributed by atoms with Gasteiger partial charge >= 0.3 is 0 Å². The lowest BCUT2D eigenvalue weighted by atomic mass is 10.1. The molecule has 0 spiro atoms. The van der Waals surface area contributed by atoms with Gasteiger partial charge in [-0.3, -0.25) is 14.5 Å². The molecule has 4 rings (SSSR count). The van der Waals surface area contributed by atoms with Gasteiger partial charge < -0.3 is 4.57 Å². The standard InChI is InChI=1S/C18H20N4O2S/c1-2-21-15(12-8-9-12)19-20-18(21)25-11-5-10-22-16(23)13-6-3-4-7-14(13)17(22)24/h3-4,6-7,12H,2,5,8-11H2,1H3. The van der Waals surface area contributed by atoms with E-state index in [0.717, 1.165) is 29.7 Å². The highest BCUT2D eigenvalue weighted by Gasteiger charge is 2.34. The van der Waals surface area contributed by atoms with Gasteiger partial charge in [0.25, 0.3) is 11.8 Å². The first kappa shape index (κ1) is 16.3. The van der Waals surface area contributed by atoms with E-state index in [1.165, 1.54) is 17.7 Å². The Hall–Kier alpha value is -2.15. The zero-order valence-electron chi connectivity index (χ0n) is 14.1. The maximum atomic E-state index is 12.3. The number of benzene rings is 1. The first-order chi connectivity index (χ1) is 12.2. The van der Waals surface area contributed by atoms with Crippen molar-refractivity contribution in [2.24, 2.45) is 0 Å². The van der Waals surface area contributed by atoms with Crippen molar-refractivity contribution in [3.8, 4) is 0 Å². The third kappa shape index (κ3) is 2.97. The third-order valence-corrected chi connectivity index (χ3v) is 5.69. The molecular weight excluding hydrogens is 336 g/mol. The number of nitrogens with zero attached hydrogens (tertiary/aromatic N) is 4. The first-order valence-electron chi connectivity index (χ1n) is 8.71. The van der Waals surface area contributed by atoms with E-state index in [-0.39, 0.29) is 11.8 Å². The molecule has 1 aliphatic heterocycles. The molecule has 130 valence electrons. The molecule has 1 aliphatic carbocycles. The molecule has 7 heteroatoms. The fourth-order valence-corrected chi connectivity index (χ4v) is 4.11. The number of hydrogen-bond donors (Lipinski definition) is 0. The molecule has 25 heavy (non-hydrogen) atoms. The van der Waals surface area contributed by atoms with Crippen LogP contribution in [-0.4, -0.2) is 43.8 Å². The summed E-state index contributed by atoms with van der Waals surface area (Å²) in [6.45, 7) is 3.42. The van der Waals surface area contributed by atoms with E-state index >= 15 is 0 Å². The van der Waals surface area contributed by atoms with Crippen LogP contribution in [-0.2, 0) is 6.54 Å². The monoisotopic (exact) mass is 356 g/mol. The van der Waals surface area contributed by atoms with Crippen molar-refractivity contribution >= 4 is 23.6 Å². The van der Waals surface area contributed by atoms with Crippen LogP contribution in [0.5, 0.6) is 0 Å². The zero-order valence-corrected chi connectivity index (χ0v) is 15.0. The smallest absolute Gasteiger partial charge is 0.261 e. The first-order valence-corrected chi connectivity index (χ1v) is 9.70. The lowest BCUT2D eigenvalue weighted by Gasteiger charge is -2.13. The number of imide groups is 1. The van der Waals surface area contributed by atoms with Crippen molar-refractivity contribution in [1.29, 1.82) is 0 Å². The van der Waals surface area contributed by atoms with Crippen molar-refractivity contribution in [3.63, 3.8) is 0 Å². The molecule has 1 fully saturated rings. The van der Waals surface area contributed by atoms with E-state index in [4.69, 9.17) is 0 Å². The zero-order chi connectivity index (χ0) is 17.4. The predicted molar refractivity (Wildman–Crippen MR) is 94.8 cm³/mol. The van der Waals surface area contributed by atoms with Gasteiger partial charge in [-0.15, -0.1) is 10.2 Å². The number of aromatic nitrogens is 3. The van der Waals surface area contributed by atoms with Crippen molar-refractivity contribution in [3.05, 3.63) is 41.2 Å². The fraction of sp³-hybridized carbons (Fsp3) is 0.444. The lowest BCUT2D eigenvalue weighted by molar-refractivity contribution is 0.0655. The molecule has 6 nitrogen and oxygen atoms in total. The van der Waals surface area contributed by atoms with Crippen molar-refractivity contribution < 1.29 is 9.59 Å². The predicted octanol–water partition coefficient (Wildman–Crippen LogP) is 2.95. The molecule has 2 amide bonds. The second-order valence-corrected chi connectivity index (χ2v) is 7.43. The lowest BCUT2D eigenvalue weighted by Crippen LogP contribution is -2.31. The Bertz CT molecular complexity index is 793. The Labute approximate surface area is 150 Å². The van der Waals surface area contributed by atoms with Gasteiger partial charge in [-0.25, -0.2) is 0 Å². The van der Waals surface area contributed by atoms with Crippen molar-refractivity contribution in [1.82, 2.24) is 19.7 Å². The molecule has 2 heterocycles. The third-order valence-electron chi connectivity index (χ3n) is 4.64. The summed E-state index contributed by atoms with van der Waals surface area (Å²) >= 11 is 1.65. The molecule has 0 radical (unpaired) electrons. The number of carbonyl (C=O) groups is 2. The Kier molecular flexibility index (Phi) is 4.33. The quantitative estimate of drug-likeness (QED) is 0.433. The van der Waals surface area contributed by atoms with Crippen molar-refractivity contribution in [2.45, 2.75) is 43.8 Å². The number of amides is 2. The summed E-state index contributed by atoms with van der Waals surface area (Å²) in [5, 5.41) is 9.57. The van der Waals surface area contributed by atoms with E-state index in [0.29, 0.717) is 23.6 Å². The number of rotatable bonds is 7. The van der Waals surface area contributed by atoms with Crippen LogP contribution in [0.4, 0.5) is 0 Å². The minimum Gasteiger partial charge on any atom is -0.306 e. The Balaban J connectivity index is 1.33. The number of fused-ring (bicyclic) bond motifs is 1. The van der Waals surface area contributed by atoms with Gasteiger partial charge in [0.2, 0.25) is 0 Å². The topological polar surface area (TPSA) is 68.1 Å². The van der Waals surface area contributed by atoms with E-state index in [2.05, 4.69) is 21.7 Å². The Morgan fingerprint density at radius 2 is 1.80 bits per heavy atom. The molecule has 0 unspecified atom stereocenters. The van der Waals surface area contributed by atoms with Gasteiger partial charge in [-0.2, -0.15) is 0 Å². The Morgan fingerprint density at radius 1 is 1.12 bits per heavy atom. The second-order valence-electron chi connectivity index (χ2n) is 6.37. The summed E-state index contributed by atoms with van der Waals surface area (Å²) in [6.07, 6.45) is 3.16. The fourth-order valence-electron chi connectivity index (χ4n) is 3.18. The van der Waals surface area contributed by atoms with E-state index in [9.17, 15) is 9.59 Å². The SMILES string of the molecule is CCn1c(SCCCN2C(=O)c3ccccc3C2=O)nnc1C1CC1. The summed E-state index contributed by atoms with van der Waals surface area (Å²) in [6, 6.07) is 7.01. The van der Waals surface area contributed by atoms with Crippen molar-refractivity contribution in [2.75, 3.05) is 12.3 Å². The van der Waals surface area contributed by atoms with Gasteiger partial charge in [0, 0.05) is 24.8 Å². The van der Waals surface area contributed by atoms with E-state index in [1.54, 1.807) is 36.0 Å². The maximum absolute atomic E-state index is 12.3. The van der Waals surface area contributed by atoms with Crippen LogP contribution < -0.4 is 0 Å². The molecule has 0 N–H and O–H groups in total. The van der Waals surface area contributed by atoms with Crippen LogP contribution in [0, 0.1) is 0 Å². The molecular formula is C18H20N4O2S. The average molecular weight is 356 g/mol. The summed E-state index contributed by atoms with van der Waals surface area (Å²) in [5.74, 6) is 2.12. The van der Waals surface area contributed by atoms with Crippen LogP contribution in [0.15, 0.2) is 29.4 Å². The summed E-state index contributed by atoms with van der Waals surface area (Å²) in [4.78, 5) is 26.0. The largest absolute Gasteiger partial charge is 0.306 e. The molecule has 1 saturated carbocycles. The molecule has 0 bridgehead atoms. The minimum atomic E-state index is -0.182. The van der Waals surface area contributed by atoms with Crippen LogP contribution in [0.1, 0.15) is 58.6 Å². The van der Waals surface area contributed by atoms with Crippen LogP contribution >= 0.6 is 11.8 Å². The van der Waals surface area contributed by atoms with Gasteiger partial charge in [-0.1, -0.05) is 23.9 Å². The number of carbonyl (C=O) groups excluding carboxylic acids is 2. The van der Waals surface area contributed by atoms with Gasteiger partial charge in [0.05, 0.1) is 11.1 Å². The molecule has 1 aromatic heterocycles. The Morgan fingerprint density at radius 3 is 2.40 bits per heavy atom. The highest BCUT2D eigenvalue weighted by atomic mass is 32.2. The minimum absolute atomic E-state index is 0.182. The number of thioether (sulfide) groups is 1. The van der Waals surface area contributed by atoms with Crippen LogP contribution in [0.2, 0.25) is 0 Å². The number of hydrogen-bond acceptors (Lipinski definition) is 5. The molecule has 0 saturated heterocycles. The van der Waals surface area contributed by atoms with Gasteiger partial charge in [0.1, 0.15) is 5.82 Å². The maximum Gasteiger partial charge on any atom is 0.261 e. The molecule has 2 aliphatic rings. The van der Waals surface area contributed by atoms with Gasteiger partial charge in [-0.05, 0) is 38.3 Å². The summed E-state index contributed by atoms with van der Waals surface area (Å²) in [7, 11) is 0. The van der Waals surface area contributed by atoms with E-state index in [1.807, 2.05) is 0 Å². The average Bonchev–Trinajstić information content (AvgIpc) is 3.35. The van der Waals surface area contributed by atoms with Crippen LogP contribution in [0.3, 0.4) is 0 Å². The normalized spacial score (nSPS) is 16.6. The summed E-state index contributed by atoms with van der Waals surface area (Å²) < 4.78 is 2.18. The molecule has 0 atom stereocenters.